The highest BCUT2D eigenvalue weighted by Crippen LogP contribution is 2.35. The van der Waals surface area contributed by atoms with Gasteiger partial charge in [0.05, 0.1) is 24.3 Å². The van der Waals surface area contributed by atoms with E-state index in [-0.39, 0.29) is 17.7 Å². The monoisotopic (exact) mass is 472 g/mol. The van der Waals surface area contributed by atoms with Gasteiger partial charge in [-0.05, 0) is 43.3 Å². The van der Waals surface area contributed by atoms with Crippen LogP contribution in [0.3, 0.4) is 0 Å². The van der Waals surface area contributed by atoms with Crippen LogP contribution in [0.25, 0.3) is 10.9 Å². The summed E-state index contributed by atoms with van der Waals surface area (Å²) in [4.78, 5) is 36.8. The minimum absolute atomic E-state index is 0.164. The summed E-state index contributed by atoms with van der Waals surface area (Å²) in [7, 11) is 1.48. The van der Waals surface area contributed by atoms with Gasteiger partial charge < -0.3 is 24.6 Å². The predicted octanol–water partition coefficient (Wildman–Crippen LogP) is 3.47. The van der Waals surface area contributed by atoms with Crippen LogP contribution in [0.15, 0.2) is 55.4 Å². The second-order valence-electron chi connectivity index (χ2n) is 7.96. The number of benzene rings is 2. The molecule has 10 nitrogen and oxygen atoms in total. The molecular weight excluding hydrogens is 448 g/mol. The van der Waals surface area contributed by atoms with Crippen LogP contribution in [0.1, 0.15) is 12.5 Å². The summed E-state index contributed by atoms with van der Waals surface area (Å²) >= 11 is 0. The van der Waals surface area contributed by atoms with E-state index in [2.05, 4.69) is 27.9 Å². The highest BCUT2D eigenvalue weighted by atomic mass is 16.6. The van der Waals surface area contributed by atoms with Crippen molar-refractivity contribution in [1.82, 2.24) is 19.8 Å². The molecule has 0 unspecified atom stereocenters. The van der Waals surface area contributed by atoms with E-state index < -0.39 is 6.09 Å². The molecule has 0 spiro atoms. The Bertz CT molecular complexity index is 1320. The van der Waals surface area contributed by atoms with Crippen molar-refractivity contribution in [3.8, 4) is 17.6 Å². The van der Waals surface area contributed by atoms with E-state index >= 15 is 0 Å². The molecular formula is C25H24N6O4. The zero-order chi connectivity index (χ0) is 24.9. The summed E-state index contributed by atoms with van der Waals surface area (Å²) in [6.07, 6.45) is 2.15. The molecule has 1 N–H and O–H groups in total. The van der Waals surface area contributed by atoms with Crippen molar-refractivity contribution in [2.24, 2.45) is 0 Å². The highest BCUT2D eigenvalue weighted by Gasteiger charge is 2.30. The third-order valence-electron chi connectivity index (χ3n) is 5.74. The number of aromatic nitrogens is 2. The van der Waals surface area contributed by atoms with Gasteiger partial charge in [-0.2, -0.15) is 5.26 Å². The fraction of sp³-hybridized carbons (Fsp3) is 0.240. The fourth-order valence-electron chi connectivity index (χ4n) is 3.88. The number of methoxy groups -OCH3 is 1. The number of nitriles is 1. The number of hydrogen-bond acceptors (Lipinski definition) is 8. The molecule has 0 saturated carbocycles. The van der Waals surface area contributed by atoms with Gasteiger partial charge in [-0.3, -0.25) is 4.79 Å². The lowest BCUT2D eigenvalue weighted by Gasteiger charge is -2.38. The van der Waals surface area contributed by atoms with Crippen LogP contribution >= 0.6 is 0 Å². The Balaban J connectivity index is 1.59. The molecule has 35 heavy (non-hydrogen) atoms. The molecule has 178 valence electrons. The molecule has 0 bridgehead atoms. The summed E-state index contributed by atoms with van der Waals surface area (Å²) in [5, 5.41) is 12.8. The lowest BCUT2D eigenvalue weighted by Crippen LogP contribution is -2.55. The number of piperazine rings is 1. The van der Waals surface area contributed by atoms with E-state index in [4.69, 9.17) is 14.7 Å². The van der Waals surface area contributed by atoms with Crippen LogP contribution in [-0.4, -0.2) is 64.6 Å². The number of carbonyl (C=O) groups is 2. The van der Waals surface area contributed by atoms with Gasteiger partial charge in [-0.25, -0.2) is 14.8 Å². The number of carbonyl (C=O) groups excluding carboxylic acids is 2. The van der Waals surface area contributed by atoms with Crippen molar-refractivity contribution in [1.29, 1.82) is 5.26 Å². The molecule has 1 aliphatic rings. The molecule has 3 aromatic rings. The molecule has 1 aliphatic heterocycles. The molecule has 2 amide bonds. The van der Waals surface area contributed by atoms with Crippen molar-refractivity contribution in [2.45, 2.75) is 13.0 Å². The predicted molar refractivity (Wildman–Crippen MR) is 129 cm³/mol. The van der Waals surface area contributed by atoms with Crippen LogP contribution in [0.4, 0.5) is 16.3 Å². The quantitative estimate of drug-likeness (QED) is 0.561. The second kappa shape index (κ2) is 10.1. The van der Waals surface area contributed by atoms with E-state index in [0.717, 1.165) is 5.69 Å². The Morgan fingerprint density at radius 3 is 2.63 bits per heavy atom. The summed E-state index contributed by atoms with van der Waals surface area (Å²) in [5.41, 5.74) is 1.88. The van der Waals surface area contributed by atoms with E-state index in [0.29, 0.717) is 47.7 Å². The number of nitrogens with zero attached hydrogens (tertiary/aromatic N) is 5. The maximum atomic E-state index is 13.0. The first-order chi connectivity index (χ1) is 16.9. The van der Waals surface area contributed by atoms with E-state index in [1.54, 1.807) is 46.2 Å². The Kier molecular flexibility index (Phi) is 6.78. The summed E-state index contributed by atoms with van der Waals surface area (Å²) < 4.78 is 11.2. The summed E-state index contributed by atoms with van der Waals surface area (Å²) in [5.74, 6) is 0.911. The lowest BCUT2D eigenvalue weighted by atomic mass is 10.2. The smallest absolute Gasteiger partial charge is 0.415 e. The van der Waals surface area contributed by atoms with Gasteiger partial charge in [0, 0.05) is 42.8 Å². The largest absolute Gasteiger partial charge is 0.493 e. The average molecular weight is 473 g/mol. The number of nitrogens with one attached hydrogen (secondary N) is 1. The fourth-order valence-corrected chi connectivity index (χ4v) is 3.88. The van der Waals surface area contributed by atoms with Gasteiger partial charge in [0.2, 0.25) is 5.91 Å². The third kappa shape index (κ3) is 4.99. The molecule has 0 radical (unpaired) electrons. The minimum atomic E-state index is -0.542. The Labute approximate surface area is 202 Å². The molecule has 1 atom stereocenters. The normalized spacial score (nSPS) is 15.3. The van der Waals surface area contributed by atoms with E-state index in [1.165, 1.54) is 19.5 Å². The topological polar surface area (TPSA) is 121 Å². The molecule has 1 fully saturated rings. The maximum Gasteiger partial charge on any atom is 0.415 e. The number of rotatable bonds is 5. The zero-order valence-electron chi connectivity index (χ0n) is 19.4. The van der Waals surface area contributed by atoms with Crippen LogP contribution in [-0.2, 0) is 4.79 Å². The van der Waals surface area contributed by atoms with Gasteiger partial charge in [0.1, 0.15) is 12.1 Å². The van der Waals surface area contributed by atoms with Crippen LogP contribution in [0.2, 0.25) is 0 Å². The maximum absolute atomic E-state index is 13.0. The zero-order valence-corrected chi connectivity index (χ0v) is 19.4. The Morgan fingerprint density at radius 1 is 1.20 bits per heavy atom. The van der Waals surface area contributed by atoms with Gasteiger partial charge in [-0.15, -0.1) is 0 Å². The van der Waals surface area contributed by atoms with E-state index in [1.807, 2.05) is 6.92 Å². The van der Waals surface area contributed by atoms with Crippen molar-refractivity contribution >= 4 is 34.4 Å². The molecule has 1 aromatic heterocycles. The number of anilines is 2. The van der Waals surface area contributed by atoms with Gasteiger partial charge in [0.25, 0.3) is 0 Å². The van der Waals surface area contributed by atoms with Crippen LogP contribution in [0, 0.1) is 11.3 Å². The molecule has 2 heterocycles. The van der Waals surface area contributed by atoms with Gasteiger partial charge in [-0.1, -0.05) is 6.58 Å². The first-order valence-corrected chi connectivity index (χ1v) is 10.9. The first kappa shape index (κ1) is 23.5. The Hall–Kier alpha value is -4.65. The first-order valence-electron chi connectivity index (χ1n) is 10.9. The van der Waals surface area contributed by atoms with Crippen molar-refractivity contribution in [3.05, 3.63) is 60.9 Å². The van der Waals surface area contributed by atoms with Crippen molar-refractivity contribution in [3.63, 3.8) is 0 Å². The molecule has 1 saturated heterocycles. The molecule has 0 aliphatic carbocycles. The Morgan fingerprint density at radius 2 is 1.97 bits per heavy atom. The number of amides is 2. The van der Waals surface area contributed by atoms with Gasteiger partial charge >= 0.3 is 6.09 Å². The van der Waals surface area contributed by atoms with Crippen LogP contribution in [0.5, 0.6) is 11.5 Å². The number of fused-ring (bicyclic) bond motifs is 1. The van der Waals surface area contributed by atoms with Crippen molar-refractivity contribution < 1.29 is 19.1 Å². The van der Waals surface area contributed by atoms with Crippen molar-refractivity contribution in [2.75, 3.05) is 32.1 Å². The average Bonchev–Trinajstić information content (AvgIpc) is 2.88. The molecule has 2 aromatic carbocycles. The van der Waals surface area contributed by atoms with Gasteiger partial charge in [0.15, 0.2) is 11.5 Å². The number of hydrogen-bond donors (Lipinski definition) is 1. The SMILES string of the molecule is C=CC(=O)N1CCN(C(=O)Oc2cc3c(Nc4ccc(C#N)cc4)ncnc3cc2OC)[C@H](C)C1. The van der Waals surface area contributed by atoms with Crippen LogP contribution < -0.4 is 14.8 Å². The molecule has 4 rings (SSSR count). The summed E-state index contributed by atoms with van der Waals surface area (Å²) in [6.45, 7) is 6.50. The summed E-state index contributed by atoms with van der Waals surface area (Å²) in [6, 6.07) is 12.1. The second-order valence-corrected chi connectivity index (χ2v) is 7.96. The van der Waals surface area contributed by atoms with E-state index in [9.17, 15) is 9.59 Å². The lowest BCUT2D eigenvalue weighted by molar-refractivity contribution is -0.128. The standard InChI is InChI=1S/C25H24N6O4/c1-4-23(32)30-9-10-31(16(2)14-30)25(33)35-22-11-19-20(12-21(22)34-3)27-15-28-24(19)29-18-7-5-17(13-26)6-8-18/h4-8,11-12,15-16H,1,9-10,14H2,2-3H3,(H,27,28,29)/t16-/m1/s1. The minimum Gasteiger partial charge on any atom is -0.493 e. The molecule has 10 heteroatoms. The highest BCUT2D eigenvalue weighted by molar-refractivity contribution is 5.93. The third-order valence-corrected chi connectivity index (χ3v) is 5.74. The number of ether oxygens (including phenoxy) is 2.